The summed E-state index contributed by atoms with van der Waals surface area (Å²) in [5.41, 5.74) is 2.96. The third-order valence-electron chi connectivity index (χ3n) is 3.30. The fourth-order valence-corrected chi connectivity index (χ4v) is 2.52. The third-order valence-corrected chi connectivity index (χ3v) is 3.61. The van der Waals surface area contributed by atoms with Crippen molar-refractivity contribution in [3.05, 3.63) is 76.7 Å². The van der Waals surface area contributed by atoms with Gasteiger partial charge in [-0.05, 0) is 42.7 Å². The van der Waals surface area contributed by atoms with Gasteiger partial charge in [-0.2, -0.15) is 0 Å². The summed E-state index contributed by atoms with van der Waals surface area (Å²) in [5.74, 6) is -0.208. The largest absolute Gasteiger partial charge is 0.253 e. The molecule has 0 spiro atoms. The van der Waals surface area contributed by atoms with Crippen LogP contribution in [0.5, 0.6) is 0 Å². The van der Waals surface area contributed by atoms with Gasteiger partial charge in [0.1, 0.15) is 5.82 Å². The van der Waals surface area contributed by atoms with Crippen LogP contribution in [0.25, 0.3) is 10.9 Å². The fourth-order valence-electron chi connectivity index (χ4n) is 2.24. The summed E-state index contributed by atoms with van der Waals surface area (Å²) in [6.45, 7) is 0. The molecule has 0 saturated heterocycles. The Morgan fingerprint density at radius 1 is 0.950 bits per heavy atom. The number of rotatable bonds is 3. The fraction of sp³-hybridized carbons (Fsp3) is 0.118. The van der Waals surface area contributed by atoms with Crippen LogP contribution >= 0.6 is 11.6 Å². The van der Waals surface area contributed by atoms with Crippen LogP contribution in [0.2, 0.25) is 5.02 Å². The predicted octanol–water partition coefficient (Wildman–Crippen LogP) is 4.81. The average molecular weight is 286 g/mol. The highest BCUT2D eigenvalue weighted by molar-refractivity contribution is 6.35. The first-order valence-electron chi connectivity index (χ1n) is 6.51. The van der Waals surface area contributed by atoms with Gasteiger partial charge in [-0.3, -0.25) is 4.98 Å². The van der Waals surface area contributed by atoms with Crippen molar-refractivity contribution in [2.24, 2.45) is 0 Å². The lowest BCUT2D eigenvalue weighted by atomic mass is 10.1. The second-order valence-corrected chi connectivity index (χ2v) is 5.15. The maximum absolute atomic E-state index is 12.8. The van der Waals surface area contributed by atoms with Crippen LogP contribution in [0.4, 0.5) is 4.39 Å². The minimum Gasteiger partial charge on any atom is -0.253 e. The molecular formula is C17H13ClFN. The van der Waals surface area contributed by atoms with Crippen molar-refractivity contribution in [3.63, 3.8) is 0 Å². The van der Waals surface area contributed by atoms with Gasteiger partial charge in [0.05, 0.1) is 10.5 Å². The zero-order valence-corrected chi connectivity index (χ0v) is 11.6. The number of aryl methyl sites for hydroxylation is 2. The first kappa shape index (κ1) is 13.1. The summed E-state index contributed by atoms with van der Waals surface area (Å²) in [6.07, 6.45) is 1.61. The van der Waals surface area contributed by atoms with Crippen molar-refractivity contribution in [1.82, 2.24) is 4.98 Å². The molecule has 3 aromatic rings. The first-order chi connectivity index (χ1) is 9.72. The maximum Gasteiger partial charge on any atom is 0.123 e. The van der Waals surface area contributed by atoms with Crippen LogP contribution in [-0.2, 0) is 12.8 Å². The number of para-hydroxylation sites is 1. The van der Waals surface area contributed by atoms with Crippen molar-refractivity contribution >= 4 is 22.5 Å². The lowest BCUT2D eigenvalue weighted by molar-refractivity contribution is 0.627. The molecule has 1 aromatic heterocycles. The van der Waals surface area contributed by atoms with E-state index in [9.17, 15) is 4.39 Å². The zero-order chi connectivity index (χ0) is 13.9. The lowest BCUT2D eigenvalue weighted by Crippen LogP contribution is -1.95. The molecule has 0 fully saturated rings. The smallest absolute Gasteiger partial charge is 0.123 e. The molecule has 0 bridgehead atoms. The normalized spacial score (nSPS) is 10.9. The van der Waals surface area contributed by atoms with Gasteiger partial charge in [0.15, 0.2) is 0 Å². The van der Waals surface area contributed by atoms with Gasteiger partial charge in [0, 0.05) is 11.1 Å². The lowest BCUT2D eigenvalue weighted by Gasteiger charge is -2.05. The minimum absolute atomic E-state index is 0.208. The van der Waals surface area contributed by atoms with E-state index in [0.29, 0.717) is 0 Å². The Bertz CT molecular complexity index is 738. The number of hydrogen-bond donors (Lipinski definition) is 0. The number of fused-ring (bicyclic) bond motifs is 1. The maximum atomic E-state index is 12.8. The van der Waals surface area contributed by atoms with Crippen molar-refractivity contribution in [2.45, 2.75) is 12.8 Å². The Morgan fingerprint density at radius 3 is 2.50 bits per heavy atom. The van der Waals surface area contributed by atoms with Gasteiger partial charge in [0.25, 0.3) is 0 Å². The molecule has 0 unspecified atom stereocenters. The summed E-state index contributed by atoms with van der Waals surface area (Å²) in [5, 5.41) is 1.70. The topological polar surface area (TPSA) is 12.9 Å². The molecule has 20 heavy (non-hydrogen) atoms. The van der Waals surface area contributed by atoms with Gasteiger partial charge < -0.3 is 0 Å². The molecule has 3 heteroatoms. The Labute approximate surface area is 122 Å². The van der Waals surface area contributed by atoms with E-state index in [-0.39, 0.29) is 5.82 Å². The van der Waals surface area contributed by atoms with E-state index in [1.807, 2.05) is 30.3 Å². The van der Waals surface area contributed by atoms with Gasteiger partial charge in [-0.1, -0.05) is 41.9 Å². The Balaban J connectivity index is 1.82. The van der Waals surface area contributed by atoms with E-state index in [0.717, 1.165) is 40.0 Å². The van der Waals surface area contributed by atoms with Crippen LogP contribution in [0, 0.1) is 5.82 Å². The number of nitrogens with zero attached hydrogens (tertiary/aromatic N) is 1. The van der Waals surface area contributed by atoms with Crippen molar-refractivity contribution in [2.75, 3.05) is 0 Å². The molecule has 100 valence electrons. The summed E-state index contributed by atoms with van der Waals surface area (Å²) in [4.78, 5) is 4.61. The molecule has 0 aliphatic rings. The molecule has 0 aliphatic carbocycles. The Kier molecular flexibility index (Phi) is 3.66. The highest BCUT2D eigenvalue weighted by Crippen LogP contribution is 2.23. The van der Waals surface area contributed by atoms with E-state index >= 15 is 0 Å². The third kappa shape index (κ3) is 2.81. The molecule has 0 radical (unpaired) electrons. The summed E-state index contributed by atoms with van der Waals surface area (Å²) in [7, 11) is 0. The Morgan fingerprint density at radius 2 is 1.70 bits per heavy atom. The van der Waals surface area contributed by atoms with E-state index in [4.69, 9.17) is 11.6 Å². The summed E-state index contributed by atoms with van der Waals surface area (Å²) < 4.78 is 12.8. The highest BCUT2D eigenvalue weighted by Gasteiger charge is 2.04. The number of pyridine rings is 1. The molecule has 2 aromatic carbocycles. The van der Waals surface area contributed by atoms with Gasteiger partial charge in [-0.15, -0.1) is 0 Å². The van der Waals surface area contributed by atoms with E-state index in [1.54, 1.807) is 12.1 Å². The van der Waals surface area contributed by atoms with Crippen LogP contribution in [0.15, 0.2) is 54.6 Å². The molecular weight excluding hydrogens is 273 g/mol. The number of halogens is 2. The highest BCUT2D eigenvalue weighted by atomic mass is 35.5. The van der Waals surface area contributed by atoms with Gasteiger partial charge >= 0.3 is 0 Å². The van der Waals surface area contributed by atoms with Gasteiger partial charge in [0.2, 0.25) is 0 Å². The number of aromatic nitrogens is 1. The predicted molar refractivity (Wildman–Crippen MR) is 80.6 cm³/mol. The molecule has 0 saturated carbocycles. The molecule has 0 N–H and O–H groups in total. The first-order valence-corrected chi connectivity index (χ1v) is 6.89. The standard InChI is InChI=1S/C17H13ClFN/c18-16-11-14(20-17-4-2-1-3-15(16)17)10-7-12-5-8-13(19)9-6-12/h1-6,8-9,11H,7,10H2. The molecule has 0 amide bonds. The quantitative estimate of drug-likeness (QED) is 0.673. The average Bonchev–Trinajstić information content (AvgIpc) is 2.47. The monoisotopic (exact) mass is 285 g/mol. The van der Waals surface area contributed by atoms with E-state index in [2.05, 4.69) is 4.98 Å². The SMILES string of the molecule is Fc1ccc(CCc2cc(Cl)c3ccccc3n2)cc1. The van der Waals surface area contributed by atoms with Crippen LogP contribution in [-0.4, -0.2) is 4.98 Å². The number of benzene rings is 2. The van der Waals surface area contributed by atoms with Gasteiger partial charge in [-0.25, -0.2) is 4.39 Å². The van der Waals surface area contributed by atoms with Crippen molar-refractivity contribution < 1.29 is 4.39 Å². The number of hydrogen-bond acceptors (Lipinski definition) is 1. The molecule has 0 aliphatic heterocycles. The molecule has 1 heterocycles. The zero-order valence-electron chi connectivity index (χ0n) is 10.8. The molecule has 1 nitrogen and oxygen atoms in total. The van der Waals surface area contributed by atoms with Crippen LogP contribution in [0.3, 0.4) is 0 Å². The van der Waals surface area contributed by atoms with Crippen LogP contribution in [0.1, 0.15) is 11.3 Å². The van der Waals surface area contributed by atoms with E-state index < -0.39 is 0 Å². The second kappa shape index (κ2) is 5.59. The minimum atomic E-state index is -0.208. The summed E-state index contributed by atoms with van der Waals surface area (Å²) in [6, 6.07) is 16.3. The second-order valence-electron chi connectivity index (χ2n) is 4.74. The van der Waals surface area contributed by atoms with E-state index in [1.165, 1.54) is 12.1 Å². The molecule has 3 rings (SSSR count). The molecule has 0 atom stereocenters. The van der Waals surface area contributed by atoms with Crippen molar-refractivity contribution in [1.29, 1.82) is 0 Å². The Hall–Kier alpha value is -1.93. The van der Waals surface area contributed by atoms with Crippen LogP contribution < -0.4 is 0 Å². The summed E-state index contributed by atoms with van der Waals surface area (Å²) >= 11 is 6.28. The van der Waals surface area contributed by atoms with Crippen molar-refractivity contribution in [3.8, 4) is 0 Å².